The van der Waals surface area contributed by atoms with Crippen LogP contribution in [-0.2, 0) is 30.5 Å². The number of thiazole rings is 1. The largest absolute Gasteiger partial charge is 0.391 e. The molecular formula is C54H71ClN8O7S. The number of nitrogens with one attached hydrogen (secondary N) is 2. The molecule has 15 nitrogen and oxygen atoms in total. The molecule has 2 aliphatic heterocycles. The molecule has 2 aromatic carbocycles. The second kappa shape index (κ2) is 24.4. The van der Waals surface area contributed by atoms with Gasteiger partial charge >= 0.3 is 0 Å². The Balaban J connectivity index is 0.802. The number of β-amino-alcohol motifs (C(OH)–C–C–N with tert-alkyl or cyclic N) is 1. The first kappa shape index (κ1) is 53.5. The summed E-state index contributed by atoms with van der Waals surface area (Å²) in [7, 11) is 0. The van der Waals surface area contributed by atoms with E-state index in [1.165, 1.54) is 11.2 Å². The Hall–Kier alpha value is -5.29. The second-order valence-electron chi connectivity index (χ2n) is 20.7. The Morgan fingerprint density at radius 3 is 2.17 bits per heavy atom. The van der Waals surface area contributed by atoms with Crippen molar-refractivity contribution in [3.8, 4) is 10.4 Å². The van der Waals surface area contributed by atoms with Gasteiger partial charge in [0.15, 0.2) is 0 Å². The van der Waals surface area contributed by atoms with Gasteiger partial charge in [-0.15, -0.1) is 11.3 Å². The molecule has 0 radical (unpaired) electrons. The summed E-state index contributed by atoms with van der Waals surface area (Å²) >= 11 is 7.80. The van der Waals surface area contributed by atoms with E-state index in [4.69, 9.17) is 11.6 Å². The Labute approximate surface area is 427 Å². The molecule has 7 rings (SSSR count). The zero-order chi connectivity index (χ0) is 50.8. The molecule has 3 aliphatic rings. The smallest absolute Gasteiger partial charge is 0.246 e. The predicted octanol–water partition coefficient (Wildman–Crippen LogP) is 7.81. The number of rotatable bonds is 21. The van der Waals surface area contributed by atoms with Crippen LogP contribution >= 0.6 is 22.9 Å². The van der Waals surface area contributed by atoms with Gasteiger partial charge in [0.25, 0.3) is 0 Å². The van der Waals surface area contributed by atoms with Crippen LogP contribution in [-0.4, -0.2) is 115 Å². The SMILES string of the molecule is Cc1ncsc1-c1ccc(CNC(=O)[C@@H]2C[C@@H](O)CN2C(=O)[C@@H](NC(=O)CCCCCCC(=O)CCCC[C@@H](C(=O)N2CCN(c3ncnc4c3[C@H](C)C[C@H]4O)CC2)c2ccc(Cl)cc2)C(C)(C)C)cc1. The molecule has 2 fully saturated rings. The van der Waals surface area contributed by atoms with Crippen LogP contribution in [0.4, 0.5) is 5.82 Å². The first-order valence-corrected chi connectivity index (χ1v) is 26.6. The fourth-order valence-electron chi connectivity index (χ4n) is 10.2. The van der Waals surface area contributed by atoms with Crippen molar-refractivity contribution in [1.82, 2.24) is 35.4 Å². The monoisotopic (exact) mass is 1010 g/mol. The molecule has 0 bridgehead atoms. The minimum Gasteiger partial charge on any atom is -0.391 e. The number of ketones is 1. The summed E-state index contributed by atoms with van der Waals surface area (Å²) in [5, 5.41) is 27.6. The van der Waals surface area contributed by atoms with Gasteiger partial charge in [-0.25, -0.2) is 15.0 Å². The van der Waals surface area contributed by atoms with Crippen LogP contribution in [0.25, 0.3) is 10.4 Å². The van der Waals surface area contributed by atoms with Gasteiger partial charge in [-0.3, -0.25) is 24.0 Å². The van der Waals surface area contributed by atoms with Crippen LogP contribution < -0.4 is 15.5 Å². The molecule has 4 N–H and O–H groups in total. The number of piperazine rings is 1. The average Bonchev–Trinajstić information content (AvgIpc) is 4.06. The molecule has 0 spiro atoms. The summed E-state index contributed by atoms with van der Waals surface area (Å²) < 4.78 is 0. The summed E-state index contributed by atoms with van der Waals surface area (Å²) in [5.41, 5.74) is 6.70. The molecule has 4 aromatic rings. The van der Waals surface area contributed by atoms with Crippen LogP contribution in [0.2, 0.25) is 5.02 Å². The average molecular weight is 1010 g/mol. The second-order valence-corrected chi connectivity index (χ2v) is 22.0. The summed E-state index contributed by atoms with van der Waals surface area (Å²) in [6.45, 7) is 12.3. The fourth-order valence-corrected chi connectivity index (χ4v) is 11.1. The third-order valence-corrected chi connectivity index (χ3v) is 15.5. The maximum absolute atomic E-state index is 14.1. The van der Waals surface area contributed by atoms with E-state index in [9.17, 15) is 34.2 Å². The number of fused-ring (bicyclic) bond motifs is 1. The van der Waals surface area contributed by atoms with E-state index in [0.717, 1.165) is 64.3 Å². The van der Waals surface area contributed by atoms with Crippen LogP contribution in [0.1, 0.15) is 151 Å². The lowest BCUT2D eigenvalue weighted by atomic mass is 9.85. The number of aliphatic hydroxyl groups is 2. The first-order valence-electron chi connectivity index (χ1n) is 25.4. The number of carbonyl (C=O) groups is 5. The predicted molar refractivity (Wildman–Crippen MR) is 276 cm³/mol. The van der Waals surface area contributed by atoms with Crippen LogP contribution in [0.3, 0.4) is 0 Å². The van der Waals surface area contributed by atoms with Gasteiger partial charge in [-0.05, 0) is 79.2 Å². The number of likely N-dealkylation sites (tertiary alicyclic amines) is 1. The van der Waals surface area contributed by atoms with E-state index in [1.807, 2.05) is 86.6 Å². The number of halogens is 1. The zero-order valence-electron chi connectivity index (χ0n) is 41.9. The number of amides is 4. The molecule has 382 valence electrons. The topological polar surface area (TPSA) is 198 Å². The van der Waals surface area contributed by atoms with Crippen LogP contribution in [0, 0.1) is 12.3 Å². The van der Waals surface area contributed by atoms with Crippen molar-refractivity contribution in [2.75, 3.05) is 37.6 Å². The number of nitrogens with zero attached hydrogens (tertiary/aromatic N) is 6. The molecular weight excluding hydrogens is 940 g/mol. The van der Waals surface area contributed by atoms with Crippen molar-refractivity contribution in [2.24, 2.45) is 5.41 Å². The van der Waals surface area contributed by atoms with Gasteiger partial charge in [-0.1, -0.05) is 95.0 Å². The Bertz CT molecular complexity index is 2470. The maximum Gasteiger partial charge on any atom is 0.246 e. The molecule has 0 unspecified atom stereocenters. The van der Waals surface area contributed by atoms with Gasteiger partial charge in [-0.2, -0.15) is 0 Å². The van der Waals surface area contributed by atoms with Crippen molar-refractivity contribution in [2.45, 2.75) is 154 Å². The third-order valence-electron chi connectivity index (χ3n) is 14.3. The van der Waals surface area contributed by atoms with E-state index < -0.39 is 35.6 Å². The number of hydrogen-bond donors (Lipinski definition) is 4. The standard InChI is InChI=1S/C54H71ClN8O7S/c1-34-28-44(66)47-46(34)50(58-32-57-47)61-24-26-62(27-25-61)52(69)42(37-20-22-39(55)23-21-37)14-11-10-13-40(64)12-8-6-7-9-15-45(67)60-49(54(3,4)5)53(70)63-31-41(65)29-43(63)51(68)56-30-36-16-18-38(19-17-36)48-35(2)59-33-71-48/h16-23,32-34,41-44,49,65-66H,6-15,24-31H2,1-5H3,(H,56,68)(H,60,67)/t34-,41-,42-,43+,44-,49-/m1/s1. The highest BCUT2D eigenvalue weighted by Crippen LogP contribution is 2.43. The number of aromatic nitrogens is 3. The van der Waals surface area contributed by atoms with Crippen LogP contribution in [0.5, 0.6) is 0 Å². The number of anilines is 1. The first-order chi connectivity index (χ1) is 34.0. The van der Waals surface area contributed by atoms with E-state index in [0.29, 0.717) is 75.4 Å². The minimum absolute atomic E-state index is 0.00429. The molecule has 2 saturated heterocycles. The lowest BCUT2D eigenvalue weighted by molar-refractivity contribution is -0.144. The normalized spacial score (nSPS) is 19.9. The van der Waals surface area contributed by atoms with Gasteiger partial charge in [0.2, 0.25) is 23.6 Å². The summed E-state index contributed by atoms with van der Waals surface area (Å²) in [6, 6.07) is 13.6. The molecule has 71 heavy (non-hydrogen) atoms. The van der Waals surface area contributed by atoms with Gasteiger partial charge in [0.1, 0.15) is 30.0 Å². The number of aryl methyl sites for hydroxylation is 1. The van der Waals surface area contributed by atoms with Crippen molar-refractivity contribution in [1.29, 1.82) is 0 Å². The van der Waals surface area contributed by atoms with Gasteiger partial charge in [0.05, 0.1) is 39.9 Å². The number of carbonyl (C=O) groups excluding carboxylic acids is 5. The molecule has 0 saturated carbocycles. The molecule has 4 amide bonds. The van der Waals surface area contributed by atoms with Crippen LogP contribution in [0.15, 0.2) is 60.4 Å². The molecule has 6 atom stereocenters. The van der Waals surface area contributed by atoms with E-state index in [1.54, 1.807) is 11.3 Å². The molecule has 1 aliphatic carbocycles. The van der Waals surface area contributed by atoms with E-state index >= 15 is 0 Å². The highest BCUT2D eigenvalue weighted by atomic mass is 35.5. The molecule has 17 heteroatoms. The Morgan fingerprint density at radius 1 is 0.831 bits per heavy atom. The minimum atomic E-state index is -0.899. The van der Waals surface area contributed by atoms with E-state index in [-0.39, 0.29) is 61.3 Å². The highest BCUT2D eigenvalue weighted by Gasteiger charge is 2.44. The number of unbranched alkanes of at least 4 members (excludes halogenated alkanes) is 4. The third kappa shape index (κ3) is 13.8. The van der Waals surface area contributed by atoms with Crippen molar-refractivity contribution >= 4 is 58.2 Å². The van der Waals surface area contributed by atoms with Gasteiger partial charge < -0.3 is 35.5 Å². The quantitative estimate of drug-likeness (QED) is 0.0594. The Morgan fingerprint density at radius 2 is 1.51 bits per heavy atom. The summed E-state index contributed by atoms with van der Waals surface area (Å²) in [4.78, 5) is 87.8. The lowest BCUT2D eigenvalue weighted by Crippen LogP contribution is -2.57. The number of aliphatic hydroxyl groups excluding tert-OH is 2. The lowest BCUT2D eigenvalue weighted by Gasteiger charge is -2.38. The summed E-state index contributed by atoms with van der Waals surface area (Å²) in [6.07, 6.45) is 6.85. The van der Waals surface area contributed by atoms with Crippen molar-refractivity contribution in [3.05, 3.63) is 93.5 Å². The molecule has 4 heterocycles. The highest BCUT2D eigenvalue weighted by molar-refractivity contribution is 7.13. The zero-order valence-corrected chi connectivity index (χ0v) is 43.4. The Kier molecular flexibility index (Phi) is 18.4. The number of hydrogen-bond acceptors (Lipinski definition) is 12. The number of Topliss-reactive ketones (excluding diaryl/α,β-unsaturated/α-hetero) is 1. The van der Waals surface area contributed by atoms with Gasteiger partial charge in [0, 0.05) is 75.5 Å². The molecule has 2 aromatic heterocycles. The summed E-state index contributed by atoms with van der Waals surface area (Å²) in [5.74, 6) is -0.0871. The van der Waals surface area contributed by atoms with Crippen molar-refractivity contribution in [3.63, 3.8) is 0 Å². The van der Waals surface area contributed by atoms with E-state index in [2.05, 4.69) is 37.4 Å². The maximum atomic E-state index is 14.1. The number of benzene rings is 2. The fraction of sp³-hybridized carbons (Fsp3) is 0.556. The van der Waals surface area contributed by atoms with Crippen molar-refractivity contribution < 1.29 is 34.2 Å².